The molecule has 2 aromatic rings. The molecule has 0 radical (unpaired) electrons. The molecule has 1 unspecified atom stereocenters. The van der Waals surface area contributed by atoms with Crippen molar-refractivity contribution in [3.05, 3.63) is 35.2 Å². The number of nitrogens with zero attached hydrogens (tertiary/aromatic N) is 5. The van der Waals surface area contributed by atoms with E-state index in [4.69, 9.17) is 9.98 Å². The molecule has 4 rings (SSSR count). The molecule has 0 aromatic carbocycles. The Kier molecular flexibility index (Phi) is 6.99. The Morgan fingerprint density at radius 2 is 2.17 bits per heavy atom. The molecule has 162 valence electrons. The maximum Gasteiger partial charge on any atom is 0.191 e. The van der Waals surface area contributed by atoms with Crippen LogP contribution in [0.2, 0.25) is 0 Å². The quantitative estimate of drug-likeness (QED) is 0.519. The first kappa shape index (κ1) is 20.8. The minimum absolute atomic E-state index is 0.213. The lowest BCUT2D eigenvalue weighted by Gasteiger charge is -2.19. The van der Waals surface area contributed by atoms with Gasteiger partial charge >= 0.3 is 0 Å². The molecule has 4 heterocycles. The molecule has 0 bridgehead atoms. The predicted molar refractivity (Wildman–Crippen MR) is 121 cm³/mol. The van der Waals surface area contributed by atoms with E-state index in [1.807, 2.05) is 4.90 Å². The van der Waals surface area contributed by atoms with Crippen LogP contribution in [0, 0.1) is 5.82 Å². The van der Waals surface area contributed by atoms with Gasteiger partial charge in [0.05, 0.1) is 5.69 Å². The maximum absolute atomic E-state index is 14.0. The Hall–Kier alpha value is -2.42. The summed E-state index contributed by atoms with van der Waals surface area (Å²) in [4.78, 5) is 18.1. The Morgan fingerprint density at radius 3 is 2.97 bits per heavy atom. The second kappa shape index (κ2) is 10.1. The second-order valence-corrected chi connectivity index (χ2v) is 8.55. The molecule has 0 spiro atoms. The fourth-order valence-corrected chi connectivity index (χ4v) is 4.85. The molecule has 1 atom stereocenters. The predicted octanol–water partition coefficient (Wildman–Crippen LogP) is 2.65. The van der Waals surface area contributed by atoms with Gasteiger partial charge in [-0.1, -0.05) is 0 Å². The number of rotatable bonds is 7. The third kappa shape index (κ3) is 5.19. The third-order valence-electron chi connectivity index (χ3n) is 5.47. The normalized spacial score (nSPS) is 19.5. The van der Waals surface area contributed by atoms with E-state index in [0.717, 1.165) is 55.8 Å². The number of guanidine groups is 1. The van der Waals surface area contributed by atoms with Crippen molar-refractivity contribution in [1.82, 2.24) is 20.6 Å². The summed E-state index contributed by atoms with van der Waals surface area (Å²) in [5.74, 6) is 0.970. The molecule has 7 nitrogen and oxygen atoms in total. The molecule has 2 aliphatic rings. The standard InChI is InChI=1S/C21H30FN7S/c1-2-23-20(25-10-7-17-15-30-21(27-17)28-11-3-4-12-28)26-16-8-13-29(14-16)19-18(22)6-5-9-24-19/h5-6,9,15-16H,2-4,7-8,10-14H2,1H3,(H2,23,25,26). The first-order valence-corrected chi connectivity index (χ1v) is 11.7. The van der Waals surface area contributed by atoms with Crippen LogP contribution in [0.1, 0.15) is 31.9 Å². The van der Waals surface area contributed by atoms with E-state index in [9.17, 15) is 4.39 Å². The minimum atomic E-state index is -0.268. The number of halogens is 1. The van der Waals surface area contributed by atoms with E-state index in [2.05, 4.69) is 32.8 Å². The molecule has 2 aromatic heterocycles. The average molecular weight is 432 g/mol. The number of anilines is 2. The summed E-state index contributed by atoms with van der Waals surface area (Å²) in [6, 6.07) is 3.30. The first-order valence-electron chi connectivity index (χ1n) is 10.8. The molecule has 9 heteroatoms. The van der Waals surface area contributed by atoms with Crippen LogP contribution in [-0.4, -0.2) is 61.2 Å². The SMILES string of the molecule is CCNC(=NCCc1csc(N2CCCC2)n1)NC1CCN(c2ncccc2F)C1. The van der Waals surface area contributed by atoms with Crippen LogP contribution < -0.4 is 20.4 Å². The van der Waals surface area contributed by atoms with Gasteiger partial charge in [-0.2, -0.15) is 0 Å². The van der Waals surface area contributed by atoms with E-state index in [1.54, 1.807) is 23.6 Å². The average Bonchev–Trinajstić information content (AvgIpc) is 3.50. The molecular formula is C21H30FN7S. The molecule has 0 saturated carbocycles. The van der Waals surface area contributed by atoms with Gasteiger partial charge in [-0.25, -0.2) is 14.4 Å². The molecule has 0 aliphatic carbocycles. The number of hydrogen-bond donors (Lipinski definition) is 2. The zero-order valence-electron chi connectivity index (χ0n) is 17.5. The number of thiazole rings is 1. The van der Waals surface area contributed by atoms with Gasteiger partial charge in [-0.3, -0.25) is 4.99 Å². The third-order valence-corrected chi connectivity index (χ3v) is 6.42. The van der Waals surface area contributed by atoms with Crippen LogP contribution in [0.4, 0.5) is 15.3 Å². The highest BCUT2D eigenvalue weighted by molar-refractivity contribution is 7.13. The van der Waals surface area contributed by atoms with E-state index in [-0.39, 0.29) is 11.9 Å². The van der Waals surface area contributed by atoms with Crippen molar-refractivity contribution < 1.29 is 4.39 Å². The van der Waals surface area contributed by atoms with Crippen molar-refractivity contribution in [1.29, 1.82) is 0 Å². The lowest BCUT2D eigenvalue weighted by atomic mass is 10.3. The van der Waals surface area contributed by atoms with E-state index >= 15 is 0 Å². The van der Waals surface area contributed by atoms with Crippen molar-refractivity contribution in [2.45, 2.75) is 38.6 Å². The number of aliphatic imine (C=N–C) groups is 1. The summed E-state index contributed by atoms with van der Waals surface area (Å²) in [6.45, 7) is 7.29. The zero-order chi connectivity index (χ0) is 20.8. The molecule has 2 saturated heterocycles. The van der Waals surface area contributed by atoms with Crippen LogP contribution in [0.15, 0.2) is 28.7 Å². The monoisotopic (exact) mass is 431 g/mol. The molecule has 2 N–H and O–H groups in total. The van der Waals surface area contributed by atoms with Gasteiger partial charge in [-0.15, -0.1) is 11.3 Å². The zero-order valence-corrected chi connectivity index (χ0v) is 18.3. The summed E-state index contributed by atoms with van der Waals surface area (Å²) < 4.78 is 14.0. The lowest BCUT2D eigenvalue weighted by Crippen LogP contribution is -2.44. The van der Waals surface area contributed by atoms with Crippen molar-refractivity contribution in [2.24, 2.45) is 4.99 Å². The van der Waals surface area contributed by atoms with Gasteiger partial charge in [0.15, 0.2) is 22.7 Å². The van der Waals surface area contributed by atoms with Crippen molar-refractivity contribution in [2.75, 3.05) is 49.1 Å². The van der Waals surface area contributed by atoms with Gasteiger partial charge in [0.25, 0.3) is 0 Å². The first-order chi connectivity index (χ1) is 14.7. The number of aromatic nitrogens is 2. The van der Waals surface area contributed by atoms with Crippen LogP contribution in [0.3, 0.4) is 0 Å². The summed E-state index contributed by atoms with van der Waals surface area (Å²) in [7, 11) is 0. The van der Waals surface area contributed by atoms with E-state index in [1.165, 1.54) is 18.9 Å². The highest BCUT2D eigenvalue weighted by atomic mass is 32.1. The second-order valence-electron chi connectivity index (χ2n) is 7.71. The Balaban J connectivity index is 1.29. The minimum Gasteiger partial charge on any atom is -0.357 e. The molecule has 30 heavy (non-hydrogen) atoms. The van der Waals surface area contributed by atoms with E-state index < -0.39 is 0 Å². The summed E-state index contributed by atoms with van der Waals surface area (Å²) >= 11 is 1.73. The Labute approximate surface area is 181 Å². The number of hydrogen-bond acceptors (Lipinski definition) is 6. The number of pyridine rings is 1. The van der Waals surface area contributed by atoms with Crippen LogP contribution in [-0.2, 0) is 6.42 Å². The Bertz CT molecular complexity index is 849. The summed E-state index contributed by atoms with van der Waals surface area (Å²) in [5.41, 5.74) is 1.11. The van der Waals surface area contributed by atoms with Gasteiger partial charge in [0.2, 0.25) is 0 Å². The molecule has 2 fully saturated rings. The maximum atomic E-state index is 14.0. The van der Waals surface area contributed by atoms with Crippen LogP contribution in [0.25, 0.3) is 0 Å². The molecule has 0 amide bonds. The van der Waals surface area contributed by atoms with Crippen LogP contribution in [0.5, 0.6) is 0 Å². The summed E-state index contributed by atoms with van der Waals surface area (Å²) in [5, 5.41) is 10.1. The van der Waals surface area contributed by atoms with Gasteiger partial charge in [0, 0.05) is 63.3 Å². The molecular weight excluding hydrogens is 401 g/mol. The van der Waals surface area contributed by atoms with Crippen LogP contribution >= 0.6 is 11.3 Å². The van der Waals surface area contributed by atoms with Gasteiger partial charge in [-0.05, 0) is 38.3 Å². The summed E-state index contributed by atoms with van der Waals surface area (Å²) in [6.07, 6.45) is 5.92. The molecule has 2 aliphatic heterocycles. The van der Waals surface area contributed by atoms with E-state index in [0.29, 0.717) is 18.9 Å². The highest BCUT2D eigenvalue weighted by Crippen LogP contribution is 2.24. The van der Waals surface area contributed by atoms with Crippen molar-refractivity contribution in [3.63, 3.8) is 0 Å². The van der Waals surface area contributed by atoms with Gasteiger partial charge < -0.3 is 20.4 Å². The smallest absolute Gasteiger partial charge is 0.191 e. The fourth-order valence-electron chi connectivity index (χ4n) is 3.94. The number of nitrogens with one attached hydrogen (secondary N) is 2. The fraction of sp³-hybridized carbons (Fsp3) is 0.571. The van der Waals surface area contributed by atoms with Crippen molar-refractivity contribution >= 4 is 28.2 Å². The van der Waals surface area contributed by atoms with Gasteiger partial charge in [0.1, 0.15) is 0 Å². The lowest BCUT2D eigenvalue weighted by molar-refractivity contribution is 0.612. The topological polar surface area (TPSA) is 68.7 Å². The largest absolute Gasteiger partial charge is 0.357 e. The van der Waals surface area contributed by atoms with Crippen molar-refractivity contribution in [3.8, 4) is 0 Å². The Morgan fingerprint density at radius 1 is 1.30 bits per heavy atom. The highest BCUT2D eigenvalue weighted by Gasteiger charge is 2.26.